The predicted molar refractivity (Wildman–Crippen MR) is 56.6 cm³/mol. The Morgan fingerprint density at radius 1 is 1.47 bits per heavy atom. The molecule has 1 saturated heterocycles. The molecule has 4 nitrogen and oxygen atoms in total. The van der Waals surface area contributed by atoms with Gasteiger partial charge in [-0.1, -0.05) is 6.92 Å². The smallest absolute Gasteiger partial charge is 0.410 e. The molecule has 1 fully saturated rings. The van der Waals surface area contributed by atoms with E-state index in [1.165, 1.54) is 4.90 Å². The molecular weight excluding hydrogens is 194 g/mol. The monoisotopic (exact) mass is 213 g/mol. The van der Waals surface area contributed by atoms with Crippen LogP contribution in [-0.2, 0) is 9.53 Å². The lowest BCUT2D eigenvalue weighted by molar-refractivity contribution is -0.123. The lowest BCUT2D eigenvalue weighted by Crippen LogP contribution is -2.45. The largest absolute Gasteiger partial charge is 0.444 e. The van der Waals surface area contributed by atoms with Gasteiger partial charge in [0, 0.05) is 13.0 Å². The molecule has 0 saturated carbocycles. The van der Waals surface area contributed by atoms with Crippen LogP contribution in [0.1, 0.15) is 34.1 Å². The molecule has 0 N–H and O–H groups in total. The lowest BCUT2D eigenvalue weighted by Gasteiger charge is -2.31. The van der Waals surface area contributed by atoms with Crippen molar-refractivity contribution in [2.75, 3.05) is 13.1 Å². The van der Waals surface area contributed by atoms with E-state index in [4.69, 9.17) is 4.74 Å². The molecule has 86 valence electrons. The van der Waals surface area contributed by atoms with Gasteiger partial charge in [-0.2, -0.15) is 0 Å². The Kier molecular flexibility index (Phi) is 3.37. The first-order valence-electron chi connectivity index (χ1n) is 5.27. The van der Waals surface area contributed by atoms with Crippen LogP contribution in [0, 0.1) is 5.92 Å². The first-order chi connectivity index (χ1) is 6.78. The number of likely N-dealkylation sites (tertiary alicyclic amines) is 1. The topological polar surface area (TPSA) is 46.6 Å². The van der Waals surface area contributed by atoms with E-state index in [1.807, 2.05) is 27.7 Å². The van der Waals surface area contributed by atoms with Gasteiger partial charge in [0.25, 0.3) is 0 Å². The van der Waals surface area contributed by atoms with Crippen LogP contribution in [0.25, 0.3) is 0 Å². The molecule has 1 rings (SSSR count). The van der Waals surface area contributed by atoms with Crippen molar-refractivity contribution in [1.29, 1.82) is 0 Å². The first kappa shape index (κ1) is 12.0. The van der Waals surface area contributed by atoms with E-state index in [0.29, 0.717) is 13.0 Å². The molecule has 1 amide bonds. The number of piperidine rings is 1. The molecule has 0 bridgehead atoms. The van der Waals surface area contributed by atoms with Crippen molar-refractivity contribution in [3.8, 4) is 0 Å². The third-order valence-corrected chi connectivity index (χ3v) is 2.13. The summed E-state index contributed by atoms with van der Waals surface area (Å²) in [5.41, 5.74) is -0.499. The number of ketones is 1. The van der Waals surface area contributed by atoms with Crippen LogP contribution >= 0.6 is 0 Å². The van der Waals surface area contributed by atoms with Crippen LogP contribution in [-0.4, -0.2) is 35.5 Å². The minimum Gasteiger partial charge on any atom is -0.444 e. The van der Waals surface area contributed by atoms with Gasteiger partial charge >= 0.3 is 6.09 Å². The molecule has 15 heavy (non-hydrogen) atoms. The SMILES string of the molecule is C[C@H]1CC(=O)CN(C(=O)OC(C)(C)C)C1. The Morgan fingerprint density at radius 2 is 2.07 bits per heavy atom. The minimum atomic E-state index is -0.499. The third kappa shape index (κ3) is 3.90. The van der Waals surface area contributed by atoms with Crippen LogP contribution in [0.5, 0.6) is 0 Å². The molecule has 1 aliphatic heterocycles. The lowest BCUT2D eigenvalue weighted by atomic mass is 10.00. The summed E-state index contributed by atoms with van der Waals surface area (Å²) in [5.74, 6) is 0.346. The molecule has 0 aromatic carbocycles. The van der Waals surface area contributed by atoms with Crippen molar-refractivity contribution < 1.29 is 14.3 Å². The zero-order chi connectivity index (χ0) is 11.6. The van der Waals surface area contributed by atoms with Crippen molar-refractivity contribution in [3.63, 3.8) is 0 Å². The number of ether oxygens (including phenoxy) is 1. The normalized spacial score (nSPS) is 22.8. The second-order valence-corrected chi connectivity index (χ2v) is 5.21. The summed E-state index contributed by atoms with van der Waals surface area (Å²) in [5, 5.41) is 0. The molecule has 0 aromatic rings. The Morgan fingerprint density at radius 3 is 2.53 bits per heavy atom. The van der Waals surface area contributed by atoms with Gasteiger partial charge in [-0.05, 0) is 26.7 Å². The number of carbonyl (C=O) groups excluding carboxylic acids is 2. The Balaban J connectivity index is 2.56. The van der Waals surface area contributed by atoms with Gasteiger partial charge in [0.15, 0.2) is 5.78 Å². The molecule has 4 heteroatoms. The summed E-state index contributed by atoms with van der Waals surface area (Å²) in [7, 11) is 0. The zero-order valence-electron chi connectivity index (χ0n) is 9.87. The van der Waals surface area contributed by atoms with Gasteiger partial charge < -0.3 is 9.64 Å². The number of rotatable bonds is 0. The summed E-state index contributed by atoms with van der Waals surface area (Å²) in [6.07, 6.45) is 0.182. The summed E-state index contributed by atoms with van der Waals surface area (Å²) in [6.45, 7) is 8.23. The highest BCUT2D eigenvalue weighted by molar-refractivity contribution is 5.85. The van der Waals surface area contributed by atoms with E-state index in [-0.39, 0.29) is 24.3 Å². The second-order valence-electron chi connectivity index (χ2n) is 5.21. The van der Waals surface area contributed by atoms with Crippen LogP contribution in [0.2, 0.25) is 0 Å². The van der Waals surface area contributed by atoms with E-state index in [1.54, 1.807) is 0 Å². The standard InChI is InChI=1S/C11H19NO3/c1-8-5-9(13)7-12(6-8)10(14)15-11(2,3)4/h8H,5-7H2,1-4H3/t8-/m0/s1. The van der Waals surface area contributed by atoms with Crippen LogP contribution < -0.4 is 0 Å². The average Bonchev–Trinajstić information content (AvgIpc) is 1.98. The van der Waals surface area contributed by atoms with Crippen molar-refractivity contribution in [2.24, 2.45) is 5.92 Å². The maximum absolute atomic E-state index is 11.7. The highest BCUT2D eigenvalue weighted by atomic mass is 16.6. The average molecular weight is 213 g/mol. The minimum absolute atomic E-state index is 0.111. The molecule has 0 radical (unpaired) electrons. The second kappa shape index (κ2) is 4.21. The zero-order valence-corrected chi connectivity index (χ0v) is 9.87. The molecule has 1 heterocycles. The van der Waals surface area contributed by atoms with Gasteiger partial charge in [0.2, 0.25) is 0 Å². The van der Waals surface area contributed by atoms with Crippen LogP contribution in [0.15, 0.2) is 0 Å². The molecule has 1 atom stereocenters. The van der Waals surface area contributed by atoms with E-state index >= 15 is 0 Å². The number of Topliss-reactive ketones (excluding diaryl/α,β-unsaturated/α-hetero) is 1. The maximum Gasteiger partial charge on any atom is 0.410 e. The summed E-state index contributed by atoms with van der Waals surface area (Å²) < 4.78 is 5.21. The molecule has 0 aliphatic carbocycles. The van der Waals surface area contributed by atoms with E-state index in [0.717, 1.165) is 0 Å². The fraction of sp³-hybridized carbons (Fsp3) is 0.818. The van der Waals surface area contributed by atoms with Gasteiger partial charge in [-0.25, -0.2) is 4.79 Å². The Hall–Kier alpha value is -1.06. The summed E-state index contributed by atoms with van der Waals surface area (Å²) in [6, 6.07) is 0. The molecule has 1 aliphatic rings. The van der Waals surface area contributed by atoms with Crippen LogP contribution in [0.4, 0.5) is 4.79 Å². The molecular formula is C11H19NO3. The van der Waals surface area contributed by atoms with Crippen molar-refractivity contribution >= 4 is 11.9 Å². The van der Waals surface area contributed by atoms with Crippen molar-refractivity contribution in [3.05, 3.63) is 0 Å². The summed E-state index contributed by atoms with van der Waals surface area (Å²) >= 11 is 0. The van der Waals surface area contributed by atoms with Gasteiger partial charge in [-0.3, -0.25) is 4.79 Å². The quantitative estimate of drug-likeness (QED) is 0.616. The molecule has 0 spiro atoms. The fourth-order valence-electron chi connectivity index (χ4n) is 1.64. The van der Waals surface area contributed by atoms with Gasteiger partial charge in [0.1, 0.15) is 5.60 Å². The van der Waals surface area contributed by atoms with Gasteiger partial charge in [-0.15, -0.1) is 0 Å². The van der Waals surface area contributed by atoms with E-state index in [9.17, 15) is 9.59 Å². The van der Waals surface area contributed by atoms with Crippen molar-refractivity contribution in [1.82, 2.24) is 4.90 Å². The highest BCUT2D eigenvalue weighted by Gasteiger charge is 2.29. The first-order valence-corrected chi connectivity index (χ1v) is 5.27. The molecule has 0 aromatic heterocycles. The number of hydrogen-bond donors (Lipinski definition) is 0. The Bertz CT molecular complexity index is 267. The maximum atomic E-state index is 11.7. The van der Waals surface area contributed by atoms with Gasteiger partial charge in [0.05, 0.1) is 6.54 Å². The van der Waals surface area contributed by atoms with E-state index in [2.05, 4.69) is 0 Å². The van der Waals surface area contributed by atoms with E-state index < -0.39 is 5.60 Å². The number of nitrogens with zero attached hydrogens (tertiary/aromatic N) is 1. The highest BCUT2D eigenvalue weighted by Crippen LogP contribution is 2.16. The van der Waals surface area contributed by atoms with Crippen molar-refractivity contribution in [2.45, 2.75) is 39.7 Å². The fourth-order valence-corrected chi connectivity index (χ4v) is 1.64. The van der Waals surface area contributed by atoms with Crippen LogP contribution in [0.3, 0.4) is 0 Å². The number of hydrogen-bond acceptors (Lipinski definition) is 3. The Labute approximate surface area is 90.6 Å². The summed E-state index contributed by atoms with van der Waals surface area (Å²) in [4.78, 5) is 24.4. The predicted octanol–water partition coefficient (Wildman–Crippen LogP) is 1.83. The number of carbonyl (C=O) groups is 2. The molecule has 0 unspecified atom stereocenters. The third-order valence-electron chi connectivity index (χ3n) is 2.13. The number of amides is 1.